The van der Waals surface area contributed by atoms with Crippen molar-refractivity contribution >= 4 is 23.4 Å². The lowest BCUT2D eigenvalue weighted by molar-refractivity contribution is -0.385. The van der Waals surface area contributed by atoms with Crippen molar-refractivity contribution in [2.24, 2.45) is 5.73 Å². The van der Waals surface area contributed by atoms with E-state index < -0.39 is 22.5 Å². The third-order valence-electron chi connectivity index (χ3n) is 4.41. The number of amides is 2. The van der Waals surface area contributed by atoms with E-state index in [1.54, 1.807) is 25.7 Å². The predicted molar refractivity (Wildman–Crippen MR) is 96.1 cm³/mol. The largest absolute Gasteiger partial charge is 0.489 e. The van der Waals surface area contributed by atoms with Crippen molar-refractivity contribution in [1.82, 2.24) is 4.90 Å². The second kappa shape index (κ2) is 6.60. The zero-order valence-corrected chi connectivity index (χ0v) is 15.4. The van der Waals surface area contributed by atoms with Gasteiger partial charge in [0.15, 0.2) is 0 Å². The Hall–Kier alpha value is -3.04. The van der Waals surface area contributed by atoms with E-state index in [-0.39, 0.29) is 23.9 Å². The fourth-order valence-corrected chi connectivity index (χ4v) is 3.24. The number of benzene rings is 1. The van der Waals surface area contributed by atoms with Crippen molar-refractivity contribution in [3.05, 3.63) is 27.8 Å². The molecule has 0 spiro atoms. The molecule has 1 fully saturated rings. The molecule has 0 aliphatic carbocycles. The van der Waals surface area contributed by atoms with Gasteiger partial charge in [0.05, 0.1) is 22.7 Å². The smallest absolute Gasteiger partial charge is 0.410 e. The van der Waals surface area contributed by atoms with Gasteiger partial charge in [-0.15, -0.1) is 0 Å². The summed E-state index contributed by atoms with van der Waals surface area (Å²) in [6.07, 6.45) is -0.394. The Morgan fingerprint density at radius 1 is 1.33 bits per heavy atom. The highest BCUT2D eigenvalue weighted by molar-refractivity contribution is 5.98. The second-order valence-electron chi connectivity index (χ2n) is 7.54. The number of carbonyl (C=O) groups excluding carboxylic acids is 2. The summed E-state index contributed by atoms with van der Waals surface area (Å²) in [4.78, 5) is 38.1. The minimum Gasteiger partial charge on any atom is -0.489 e. The van der Waals surface area contributed by atoms with Gasteiger partial charge < -0.3 is 25.0 Å². The Bertz CT molecular complexity index is 803. The van der Waals surface area contributed by atoms with Crippen LogP contribution in [0.5, 0.6) is 5.75 Å². The van der Waals surface area contributed by atoms with E-state index in [0.717, 1.165) is 0 Å². The minimum absolute atomic E-state index is 0.152. The van der Waals surface area contributed by atoms with Crippen LogP contribution >= 0.6 is 0 Å². The van der Waals surface area contributed by atoms with E-state index in [4.69, 9.17) is 15.2 Å². The normalized spacial score (nSPS) is 18.9. The number of rotatable bonds is 2. The molecule has 2 aliphatic rings. The number of hydrogen-bond acceptors (Lipinski definition) is 7. The quantitative estimate of drug-likeness (QED) is 0.610. The third-order valence-corrected chi connectivity index (χ3v) is 4.41. The molecule has 2 aliphatic heterocycles. The molecular weight excluding hydrogens is 356 g/mol. The molecule has 0 unspecified atom stereocenters. The second-order valence-corrected chi connectivity index (χ2v) is 7.54. The standard InChI is InChI=1S/C17H22N4O6/c1-17(2,3)27-16(23)19-4-5-20-10(8-19)9-26-14-7-12(21(24)25)11(15(18)22)6-13(14)20/h6-7,10H,4-5,8-9H2,1-3H3,(H2,18,22)/t10-/m1/s1. The number of ether oxygens (including phenoxy) is 2. The third kappa shape index (κ3) is 3.74. The highest BCUT2D eigenvalue weighted by Crippen LogP contribution is 2.40. The maximum absolute atomic E-state index is 12.3. The first-order chi connectivity index (χ1) is 12.6. The lowest BCUT2D eigenvalue weighted by Gasteiger charge is -2.45. The van der Waals surface area contributed by atoms with Crippen LogP contribution in [0.25, 0.3) is 0 Å². The SMILES string of the molecule is CC(C)(C)OC(=O)N1CCN2c3cc(C(N)=O)c([N+](=O)[O-])cc3OC[C@H]2C1. The average molecular weight is 378 g/mol. The number of fused-ring (bicyclic) bond motifs is 3. The molecule has 1 aromatic carbocycles. The Morgan fingerprint density at radius 3 is 2.63 bits per heavy atom. The van der Waals surface area contributed by atoms with Gasteiger partial charge in [-0.1, -0.05) is 0 Å². The Kier molecular flexibility index (Phi) is 4.58. The van der Waals surface area contributed by atoms with E-state index in [9.17, 15) is 19.7 Å². The van der Waals surface area contributed by atoms with Crippen LogP contribution in [0.3, 0.4) is 0 Å². The maximum atomic E-state index is 12.3. The molecule has 2 N–H and O–H groups in total. The molecule has 146 valence electrons. The summed E-state index contributed by atoms with van der Waals surface area (Å²) >= 11 is 0. The van der Waals surface area contributed by atoms with E-state index >= 15 is 0 Å². The molecule has 2 amide bonds. The highest BCUT2D eigenvalue weighted by Gasteiger charge is 2.37. The van der Waals surface area contributed by atoms with Crippen molar-refractivity contribution in [1.29, 1.82) is 0 Å². The van der Waals surface area contributed by atoms with Gasteiger partial charge in [0.2, 0.25) is 0 Å². The molecule has 1 atom stereocenters. The lowest BCUT2D eigenvalue weighted by atomic mass is 10.0. The van der Waals surface area contributed by atoms with Gasteiger partial charge in [0.25, 0.3) is 11.6 Å². The summed E-state index contributed by atoms with van der Waals surface area (Å²) in [5.74, 6) is -0.548. The Morgan fingerprint density at radius 2 is 2.04 bits per heavy atom. The fourth-order valence-electron chi connectivity index (χ4n) is 3.24. The summed E-state index contributed by atoms with van der Waals surface area (Å²) in [5.41, 5.74) is 4.73. The molecule has 2 heterocycles. The first-order valence-electron chi connectivity index (χ1n) is 8.56. The van der Waals surface area contributed by atoms with Crippen LogP contribution in [-0.2, 0) is 4.74 Å². The Balaban J connectivity index is 1.85. The summed E-state index contributed by atoms with van der Waals surface area (Å²) in [7, 11) is 0. The lowest BCUT2D eigenvalue weighted by Crippen LogP contribution is -2.59. The molecule has 1 saturated heterocycles. The number of nitrogens with two attached hydrogens (primary N) is 1. The highest BCUT2D eigenvalue weighted by atomic mass is 16.6. The van der Waals surface area contributed by atoms with Gasteiger partial charge in [-0.3, -0.25) is 14.9 Å². The van der Waals surface area contributed by atoms with Gasteiger partial charge >= 0.3 is 6.09 Å². The zero-order valence-electron chi connectivity index (χ0n) is 15.4. The van der Waals surface area contributed by atoms with Crippen molar-refractivity contribution < 1.29 is 24.0 Å². The molecule has 1 aromatic rings. The molecular formula is C17H22N4O6. The van der Waals surface area contributed by atoms with Crippen LogP contribution in [0.15, 0.2) is 12.1 Å². The van der Waals surface area contributed by atoms with Crippen LogP contribution < -0.4 is 15.4 Å². The monoisotopic (exact) mass is 378 g/mol. The van der Waals surface area contributed by atoms with Crippen LogP contribution in [-0.4, -0.2) is 59.7 Å². The van der Waals surface area contributed by atoms with Gasteiger partial charge in [0, 0.05) is 19.6 Å². The van der Waals surface area contributed by atoms with Crippen molar-refractivity contribution in [3.63, 3.8) is 0 Å². The molecule has 10 nitrogen and oxygen atoms in total. The fraction of sp³-hybridized carbons (Fsp3) is 0.529. The van der Waals surface area contributed by atoms with Crippen molar-refractivity contribution in [2.75, 3.05) is 31.1 Å². The number of hydrogen-bond donors (Lipinski definition) is 1. The van der Waals surface area contributed by atoms with Crippen LogP contribution in [0, 0.1) is 10.1 Å². The number of anilines is 1. The van der Waals surface area contributed by atoms with Gasteiger partial charge in [-0.25, -0.2) is 4.79 Å². The first-order valence-corrected chi connectivity index (χ1v) is 8.56. The van der Waals surface area contributed by atoms with E-state index in [2.05, 4.69) is 0 Å². The number of nitro groups is 1. The van der Waals surface area contributed by atoms with Crippen molar-refractivity contribution in [2.45, 2.75) is 32.4 Å². The van der Waals surface area contributed by atoms with Gasteiger partial charge in [0.1, 0.15) is 23.5 Å². The zero-order chi connectivity index (χ0) is 19.9. The molecule has 10 heteroatoms. The summed E-state index contributed by atoms with van der Waals surface area (Å²) in [5, 5.41) is 11.2. The Labute approximate surface area is 155 Å². The number of nitro benzene ring substituents is 1. The van der Waals surface area contributed by atoms with E-state index in [1.807, 2.05) is 4.90 Å². The number of primary amides is 1. The summed E-state index contributed by atoms with van der Waals surface area (Å²) < 4.78 is 11.1. The molecule has 0 saturated carbocycles. The van der Waals surface area contributed by atoms with Gasteiger partial charge in [-0.2, -0.15) is 0 Å². The molecule has 0 aromatic heterocycles. The van der Waals surface area contributed by atoms with Crippen molar-refractivity contribution in [3.8, 4) is 5.75 Å². The van der Waals surface area contributed by atoms with Gasteiger partial charge in [-0.05, 0) is 26.8 Å². The number of carbonyl (C=O) groups is 2. The average Bonchev–Trinajstić information content (AvgIpc) is 2.58. The molecule has 0 radical (unpaired) electrons. The first kappa shape index (κ1) is 18.7. The minimum atomic E-state index is -0.876. The van der Waals surface area contributed by atoms with Crippen LogP contribution in [0.2, 0.25) is 0 Å². The van der Waals surface area contributed by atoms with Crippen LogP contribution in [0.4, 0.5) is 16.2 Å². The summed E-state index contributed by atoms with van der Waals surface area (Å²) in [6, 6.07) is 2.47. The predicted octanol–water partition coefficient (Wildman–Crippen LogP) is 1.51. The van der Waals surface area contributed by atoms with Crippen LogP contribution in [0.1, 0.15) is 31.1 Å². The molecule has 27 heavy (non-hydrogen) atoms. The maximum Gasteiger partial charge on any atom is 0.410 e. The molecule has 0 bridgehead atoms. The van der Waals surface area contributed by atoms with E-state index in [0.29, 0.717) is 31.1 Å². The summed E-state index contributed by atoms with van der Waals surface area (Å²) in [6.45, 7) is 6.97. The molecule has 3 rings (SSSR count). The topological polar surface area (TPSA) is 128 Å². The van der Waals surface area contributed by atoms with E-state index in [1.165, 1.54) is 12.1 Å². The number of piperazine rings is 1. The number of nitrogens with zero attached hydrogens (tertiary/aromatic N) is 3.